The molecule has 0 unspecified atom stereocenters. The van der Waals surface area contributed by atoms with Crippen molar-refractivity contribution in [1.29, 1.82) is 0 Å². The molecule has 8 nitrogen and oxygen atoms in total. The van der Waals surface area contributed by atoms with Gasteiger partial charge in [0.1, 0.15) is 0 Å². The number of sulfonamides is 1. The number of H-pyrrole nitrogens is 1. The van der Waals surface area contributed by atoms with Gasteiger partial charge < -0.3 is 9.47 Å². The molecule has 3 rings (SSSR count). The molecular weight excluding hydrogens is 406 g/mol. The molecule has 1 heterocycles. The van der Waals surface area contributed by atoms with Crippen molar-refractivity contribution in [3.8, 4) is 11.5 Å². The molecule has 0 radical (unpaired) electrons. The SMILES string of the molecule is COc1ccc(S(=O)(=O)Nc2nc(C)c(Cc3ccc(C)cc3)c(=O)[nH]2)cc1OC. The molecule has 1 aromatic heterocycles. The molecule has 0 bridgehead atoms. The topological polar surface area (TPSA) is 110 Å². The Hall–Kier alpha value is -3.33. The third-order valence-corrected chi connectivity index (χ3v) is 5.96. The van der Waals surface area contributed by atoms with E-state index < -0.39 is 15.6 Å². The minimum absolute atomic E-state index is 0.0517. The largest absolute Gasteiger partial charge is 0.493 e. The fourth-order valence-electron chi connectivity index (χ4n) is 2.95. The molecule has 0 atom stereocenters. The number of anilines is 1. The number of hydrogen-bond acceptors (Lipinski definition) is 6. The predicted molar refractivity (Wildman–Crippen MR) is 114 cm³/mol. The van der Waals surface area contributed by atoms with E-state index in [1.54, 1.807) is 6.92 Å². The smallest absolute Gasteiger partial charge is 0.264 e. The lowest BCUT2D eigenvalue weighted by atomic mass is 10.0. The first-order valence-corrected chi connectivity index (χ1v) is 10.6. The highest BCUT2D eigenvalue weighted by atomic mass is 32.2. The van der Waals surface area contributed by atoms with Gasteiger partial charge in [-0.15, -0.1) is 0 Å². The molecule has 0 aliphatic carbocycles. The third kappa shape index (κ3) is 4.62. The zero-order chi connectivity index (χ0) is 21.9. The van der Waals surface area contributed by atoms with Crippen LogP contribution >= 0.6 is 0 Å². The zero-order valence-electron chi connectivity index (χ0n) is 17.1. The van der Waals surface area contributed by atoms with Crippen LogP contribution < -0.4 is 19.8 Å². The number of aromatic amines is 1. The van der Waals surface area contributed by atoms with Crippen LogP contribution in [0.2, 0.25) is 0 Å². The number of ether oxygens (including phenoxy) is 2. The molecule has 0 fully saturated rings. The summed E-state index contributed by atoms with van der Waals surface area (Å²) in [5.74, 6) is 0.519. The van der Waals surface area contributed by atoms with Crippen molar-refractivity contribution in [2.24, 2.45) is 0 Å². The molecule has 0 spiro atoms. The number of nitrogens with one attached hydrogen (secondary N) is 2. The van der Waals surface area contributed by atoms with Crippen LogP contribution in [0.15, 0.2) is 52.2 Å². The normalized spacial score (nSPS) is 11.2. The van der Waals surface area contributed by atoms with Crippen molar-refractivity contribution in [1.82, 2.24) is 9.97 Å². The lowest BCUT2D eigenvalue weighted by Gasteiger charge is -2.12. The summed E-state index contributed by atoms with van der Waals surface area (Å²) in [6.07, 6.45) is 0.400. The molecule has 3 aromatic rings. The highest BCUT2D eigenvalue weighted by molar-refractivity contribution is 7.92. The second-order valence-corrected chi connectivity index (χ2v) is 8.45. The van der Waals surface area contributed by atoms with Gasteiger partial charge in [-0.2, -0.15) is 0 Å². The van der Waals surface area contributed by atoms with Crippen molar-refractivity contribution in [3.63, 3.8) is 0 Å². The average molecular weight is 429 g/mol. The number of nitrogens with zero attached hydrogens (tertiary/aromatic N) is 1. The first kappa shape index (κ1) is 21.4. The van der Waals surface area contributed by atoms with Crippen LogP contribution in [0.4, 0.5) is 5.95 Å². The second-order valence-electron chi connectivity index (χ2n) is 6.76. The predicted octanol–water partition coefficient (Wildman–Crippen LogP) is 2.80. The average Bonchev–Trinajstić information content (AvgIpc) is 2.71. The number of aryl methyl sites for hydroxylation is 2. The van der Waals surface area contributed by atoms with Crippen LogP contribution in [0.25, 0.3) is 0 Å². The molecule has 158 valence electrons. The number of methoxy groups -OCH3 is 2. The van der Waals surface area contributed by atoms with Gasteiger partial charge in [0, 0.05) is 18.1 Å². The van der Waals surface area contributed by atoms with E-state index in [4.69, 9.17) is 9.47 Å². The summed E-state index contributed by atoms with van der Waals surface area (Å²) in [5, 5.41) is 0. The summed E-state index contributed by atoms with van der Waals surface area (Å²) < 4.78 is 38.0. The number of benzene rings is 2. The lowest BCUT2D eigenvalue weighted by Crippen LogP contribution is -2.22. The molecule has 0 amide bonds. The van der Waals surface area contributed by atoms with Gasteiger partial charge in [0.15, 0.2) is 11.5 Å². The van der Waals surface area contributed by atoms with Gasteiger partial charge in [0.05, 0.1) is 24.8 Å². The minimum atomic E-state index is -4.00. The van der Waals surface area contributed by atoms with Gasteiger partial charge >= 0.3 is 0 Å². The Kier molecular flexibility index (Phi) is 6.12. The summed E-state index contributed by atoms with van der Waals surface area (Å²) in [6, 6.07) is 12.0. The zero-order valence-corrected chi connectivity index (χ0v) is 18.0. The fraction of sp³-hybridized carbons (Fsp3) is 0.238. The quantitative estimate of drug-likeness (QED) is 0.598. The maximum atomic E-state index is 12.7. The Morgan fingerprint density at radius 1 is 1.00 bits per heavy atom. The van der Waals surface area contributed by atoms with Crippen molar-refractivity contribution < 1.29 is 17.9 Å². The number of hydrogen-bond donors (Lipinski definition) is 2. The molecule has 2 N–H and O–H groups in total. The van der Waals surface area contributed by atoms with E-state index in [0.717, 1.165) is 11.1 Å². The Balaban J connectivity index is 1.88. The van der Waals surface area contributed by atoms with Crippen molar-refractivity contribution in [3.05, 3.63) is 75.2 Å². The fourth-order valence-corrected chi connectivity index (χ4v) is 3.93. The summed E-state index contributed by atoms with van der Waals surface area (Å²) in [7, 11) is -1.13. The minimum Gasteiger partial charge on any atom is -0.493 e. The summed E-state index contributed by atoms with van der Waals surface area (Å²) >= 11 is 0. The van der Waals surface area contributed by atoms with E-state index in [1.807, 2.05) is 31.2 Å². The third-order valence-electron chi connectivity index (χ3n) is 4.62. The molecule has 0 saturated carbocycles. The number of aromatic nitrogens is 2. The Morgan fingerprint density at radius 2 is 1.67 bits per heavy atom. The van der Waals surface area contributed by atoms with Crippen LogP contribution in [0, 0.1) is 13.8 Å². The molecule has 0 aliphatic rings. The summed E-state index contributed by atoms with van der Waals surface area (Å²) in [4.78, 5) is 19.3. The van der Waals surface area contributed by atoms with Crippen LogP contribution in [0.3, 0.4) is 0 Å². The van der Waals surface area contributed by atoms with E-state index in [2.05, 4.69) is 14.7 Å². The summed E-state index contributed by atoms with van der Waals surface area (Å²) in [6.45, 7) is 3.66. The van der Waals surface area contributed by atoms with Gasteiger partial charge in [-0.3, -0.25) is 9.78 Å². The van der Waals surface area contributed by atoms with Gasteiger partial charge in [-0.05, 0) is 31.5 Å². The van der Waals surface area contributed by atoms with Gasteiger partial charge in [0.2, 0.25) is 5.95 Å². The highest BCUT2D eigenvalue weighted by Gasteiger charge is 2.19. The van der Waals surface area contributed by atoms with Crippen LogP contribution in [0.1, 0.15) is 22.4 Å². The maximum Gasteiger partial charge on any atom is 0.264 e. The molecule has 30 heavy (non-hydrogen) atoms. The van der Waals surface area contributed by atoms with Crippen LogP contribution in [-0.2, 0) is 16.4 Å². The van der Waals surface area contributed by atoms with E-state index in [-0.39, 0.29) is 16.6 Å². The van der Waals surface area contributed by atoms with Crippen LogP contribution in [0.5, 0.6) is 11.5 Å². The van der Waals surface area contributed by atoms with Gasteiger partial charge in [-0.25, -0.2) is 18.1 Å². The summed E-state index contributed by atoms with van der Waals surface area (Å²) in [5.41, 5.74) is 2.63. The Bertz CT molecular complexity index is 1220. The first-order chi connectivity index (χ1) is 14.2. The van der Waals surface area contributed by atoms with E-state index >= 15 is 0 Å². The van der Waals surface area contributed by atoms with Crippen LogP contribution in [-0.4, -0.2) is 32.6 Å². The van der Waals surface area contributed by atoms with E-state index in [9.17, 15) is 13.2 Å². The van der Waals surface area contributed by atoms with E-state index in [0.29, 0.717) is 23.4 Å². The van der Waals surface area contributed by atoms with Crippen molar-refractivity contribution in [2.45, 2.75) is 25.2 Å². The second kappa shape index (κ2) is 8.58. The van der Waals surface area contributed by atoms with Gasteiger partial charge in [-0.1, -0.05) is 29.8 Å². The van der Waals surface area contributed by atoms with Crippen molar-refractivity contribution in [2.75, 3.05) is 18.9 Å². The molecular formula is C21H23N3O5S. The monoisotopic (exact) mass is 429 g/mol. The first-order valence-electron chi connectivity index (χ1n) is 9.13. The number of rotatable bonds is 7. The maximum absolute atomic E-state index is 12.7. The molecule has 0 saturated heterocycles. The van der Waals surface area contributed by atoms with E-state index in [1.165, 1.54) is 32.4 Å². The Morgan fingerprint density at radius 3 is 2.27 bits per heavy atom. The molecule has 0 aliphatic heterocycles. The lowest BCUT2D eigenvalue weighted by molar-refractivity contribution is 0.354. The van der Waals surface area contributed by atoms with Crippen molar-refractivity contribution >= 4 is 16.0 Å². The van der Waals surface area contributed by atoms with Gasteiger partial charge in [0.25, 0.3) is 15.6 Å². The molecule has 2 aromatic carbocycles. The highest BCUT2D eigenvalue weighted by Crippen LogP contribution is 2.29. The standard InChI is InChI=1S/C21H23N3O5S/c1-13-5-7-15(8-6-13)11-17-14(2)22-21(23-20(17)25)24-30(26,27)16-9-10-18(28-3)19(12-16)29-4/h5-10,12H,11H2,1-4H3,(H2,22,23,24,25). The molecule has 9 heteroatoms. The Labute approximate surface area is 175 Å².